The molecule has 1 N–H and O–H groups in total. The quantitative estimate of drug-likeness (QED) is 0.138. The number of benzene rings is 2. The van der Waals surface area contributed by atoms with Gasteiger partial charge in [-0.1, -0.05) is 18.2 Å². The molecule has 0 radical (unpaired) electrons. The molecule has 5 heterocycles. The van der Waals surface area contributed by atoms with E-state index in [0.717, 1.165) is 61.6 Å². The van der Waals surface area contributed by atoms with Crippen molar-refractivity contribution in [2.45, 2.75) is 108 Å². The average molecular weight is 871 g/mol. The fraction of sp³-hybridized carbons (Fsp3) is 0.644. The zero-order chi connectivity index (χ0) is 42.7. The summed E-state index contributed by atoms with van der Waals surface area (Å²) in [7, 11) is 1.38. The van der Waals surface area contributed by atoms with Crippen molar-refractivity contribution in [1.82, 2.24) is 15.2 Å². The van der Waals surface area contributed by atoms with Crippen LogP contribution in [0.5, 0.6) is 0 Å². The van der Waals surface area contributed by atoms with Crippen molar-refractivity contribution in [3.05, 3.63) is 58.9 Å². The molecule has 11 nitrogen and oxygen atoms in total. The van der Waals surface area contributed by atoms with Crippen LogP contribution in [0.25, 0.3) is 10.2 Å². The molecule has 16 heteroatoms. The minimum Gasteiger partial charge on any atom is -0.465 e. The maximum Gasteiger partial charge on any atom is 0.403 e. The van der Waals surface area contributed by atoms with Crippen molar-refractivity contribution in [2.24, 2.45) is 22.2 Å². The number of halogens is 4. The van der Waals surface area contributed by atoms with E-state index in [-0.39, 0.29) is 74.9 Å². The van der Waals surface area contributed by atoms with Gasteiger partial charge in [0.05, 0.1) is 84.2 Å². The van der Waals surface area contributed by atoms with Gasteiger partial charge < -0.3 is 34.1 Å². The third-order valence-electron chi connectivity index (χ3n) is 14.8. The van der Waals surface area contributed by atoms with Gasteiger partial charge in [-0.15, -0.1) is 11.3 Å². The number of fused-ring (bicyclic) bond motifs is 4. The summed E-state index contributed by atoms with van der Waals surface area (Å²) in [4.78, 5) is 48.2. The first-order chi connectivity index (χ1) is 29.2. The number of anilines is 1. The fourth-order valence-electron chi connectivity index (χ4n) is 10.8. The third kappa shape index (κ3) is 8.03. The Balaban J connectivity index is 0.928. The molecule has 1 spiro atoms. The van der Waals surface area contributed by atoms with Gasteiger partial charge in [0, 0.05) is 43.1 Å². The molecule has 2 bridgehead atoms. The van der Waals surface area contributed by atoms with Crippen LogP contribution in [0.15, 0.2) is 41.9 Å². The Morgan fingerprint density at radius 3 is 2.43 bits per heavy atom. The van der Waals surface area contributed by atoms with Crippen LogP contribution in [0.4, 0.5) is 23.2 Å². The number of esters is 1. The molecule has 10 rings (SSSR count). The van der Waals surface area contributed by atoms with E-state index in [1.807, 2.05) is 30.0 Å². The Bertz CT molecular complexity index is 2110. The standard InChI is InChI=1S/C45H54F4N4O7S/c1-27(59-24-42-13-11-31(12-14-42)60-25-42)36(20-58-30-9-7-28(8-10-30)32-5-3-4-6-33(32)40(55)57-2)51-39(54)34-19-52(37-18-29(46)17-35-38(37)61-26-50-35)21-43(34)22-53(23-43)41(56)44(15-16-44)45(47,48)49/h3-6,17-18,26-28,30-31,34,36H,7-16,19-25H2,1-2H3,(H,51,54)/t27-,28-,30-,31?,34+,36-,42?/m1/s1. The highest BCUT2D eigenvalue weighted by molar-refractivity contribution is 7.17. The number of likely N-dealkylation sites (tertiary alicyclic amines) is 1. The molecule has 330 valence electrons. The molecule has 3 atom stereocenters. The van der Waals surface area contributed by atoms with Crippen LogP contribution < -0.4 is 10.2 Å². The van der Waals surface area contributed by atoms with E-state index in [9.17, 15) is 31.9 Å². The number of nitrogens with one attached hydrogen (secondary N) is 1. The number of methoxy groups -OCH3 is 1. The lowest BCUT2D eigenvalue weighted by molar-refractivity contribution is -0.205. The van der Waals surface area contributed by atoms with Crippen LogP contribution in [0.2, 0.25) is 0 Å². The predicted molar refractivity (Wildman–Crippen MR) is 219 cm³/mol. The van der Waals surface area contributed by atoms with Gasteiger partial charge in [-0.05, 0) is 94.7 Å². The maximum absolute atomic E-state index is 15.0. The molecular weight excluding hydrogens is 817 g/mol. The number of carbonyl (C=O) groups excluding carboxylic acids is 3. The lowest BCUT2D eigenvalue weighted by Crippen LogP contribution is -2.66. The Labute approximate surface area is 356 Å². The summed E-state index contributed by atoms with van der Waals surface area (Å²) in [5, 5.41) is 3.27. The number of thiazole rings is 1. The van der Waals surface area contributed by atoms with Gasteiger partial charge in [-0.3, -0.25) is 9.59 Å². The smallest absolute Gasteiger partial charge is 0.403 e. The molecule has 4 saturated heterocycles. The molecule has 61 heavy (non-hydrogen) atoms. The number of hydrogen-bond acceptors (Lipinski definition) is 10. The number of alkyl halides is 3. The maximum atomic E-state index is 15.0. The van der Waals surface area contributed by atoms with Gasteiger partial charge >= 0.3 is 12.1 Å². The first-order valence-corrected chi connectivity index (χ1v) is 22.6. The summed E-state index contributed by atoms with van der Waals surface area (Å²) >= 11 is 1.35. The molecule has 7 fully saturated rings. The first-order valence-electron chi connectivity index (χ1n) is 21.7. The first kappa shape index (κ1) is 42.4. The Kier molecular flexibility index (Phi) is 11.4. The number of aromatic nitrogens is 1. The molecule has 2 amide bonds. The highest BCUT2D eigenvalue weighted by Crippen LogP contribution is 2.60. The Morgan fingerprint density at radius 1 is 1.02 bits per heavy atom. The minimum atomic E-state index is -4.65. The summed E-state index contributed by atoms with van der Waals surface area (Å²) in [5.41, 5.74) is 0.908. The monoisotopic (exact) mass is 870 g/mol. The summed E-state index contributed by atoms with van der Waals surface area (Å²) < 4.78 is 82.3. The number of ether oxygens (including phenoxy) is 4. The van der Waals surface area contributed by atoms with E-state index >= 15 is 0 Å². The van der Waals surface area contributed by atoms with Crippen LogP contribution in [0, 0.1) is 28.0 Å². The lowest BCUT2D eigenvalue weighted by Gasteiger charge is -2.51. The van der Waals surface area contributed by atoms with E-state index in [1.165, 1.54) is 35.5 Å². The zero-order valence-electron chi connectivity index (χ0n) is 34.6. The van der Waals surface area contributed by atoms with Crippen LogP contribution in [-0.4, -0.2) is 111 Å². The summed E-state index contributed by atoms with van der Waals surface area (Å²) in [6.45, 7) is 3.61. The fourth-order valence-corrected chi connectivity index (χ4v) is 11.6. The largest absolute Gasteiger partial charge is 0.465 e. The number of hydrogen-bond donors (Lipinski definition) is 1. The topological polar surface area (TPSA) is 120 Å². The number of nitrogens with zero attached hydrogens (tertiary/aromatic N) is 3. The second kappa shape index (κ2) is 16.4. The summed E-state index contributed by atoms with van der Waals surface area (Å²) in [6, 6.07) is 9.73. The average Bonchev–Trinajstić information content (AvgIpc) is 3.80. The molecule has 3 aromatic rings. The van der Waals surface area contributed by atoms with E-state index in [0.29, 0.717) is 36.1 Å². The van der Waals surface area contributed by atoms with Gasteiger partial charge in [-0.25, -0.2) is 14.2 Å². The highest BCUT2D eigenvalue weighted by atomic mass is 32.1. The number of rotatable bonds is 13. The van der Waals surface area contributed by atoms with Gasteiger partial charge in [0.25, 0.3) is 0 Å². The van der Waals surface area contributed by atoms with Crippen molar-refractivity contribution in [2.75, 3.05) is 58.0 Å². The van der Waals surface area contributed by atoms with Crippen LogP contribution >= 0.6 is 11.3 Å². The third-order valence-corrected chi connectivity index (χ3v) is 15.7. The second-order valence-electron chi connectivity index (χ2n) is 18.7. The van der Waals surface area contributed by atoms with E-state index in [2.05, 4.69) is 10.3 Å². The molecule has 3 aliphatic carbocycles. The number of carbonyl (C=O) groups is 3. The molecular formula is C45H54F4N4O7S. The van der Waals surface area contributed by atoms with Crippen LogP contribution in [0.3, 0.4) is 0 Å². The van der Waals surface area contributed by atoms with Gasteiger partial charge in [-0.2, -0.15) is 13.2 Å². The van der Waals surface area contributed by atoms with Crippen molar-refractivity contribution in [3.8, 4) is 0 Å². The Morgan fingerprint density at radius 2 is 1.75 bits per heavy atom. The van der Waals surface area contributed by atoms with Crippen molar-refractivity contribution < 1.29 is 50.9 Å². The molecule has 1 aromatic heterocycles. The molecule has 0 unspecified atom stereocenters. The predicted octanol–water partition coefficient (Wildman–Crippen LogP) is 7.42. The van der Waals surface area contributed by atoms with Crippen LogP contribution in [-0.2, 0) is 28.5 Å². The molecule has 4 aliphatic heterocycles. The van der Waals surface area contributed by atoms with Gasteiger partial charge in [0.2, 0.25) is 11.8 Å². The summed E-state index contributed by atoms with van der Waals surface area (Å²) in [6.07, 6.45) is 1.77. The van der Waals surface area contributed by atoms with E-state index in [1.54, 1.807) is 11.6 Å². The van der Waals surface area contributed by atoms with Crippen molar-refractivity contribution in [3.63, 3.8) is 0 Å². The highest BCUT2D eigenvalue weighted by Gasteiger charge is 2.71. The van der Waals surface area contributed by atoms with E-state index in [4.69, 9.17) is 18.9 Å². The lowest BCUT2D eigenvalue weighted by atomic mass is 9.70. The zero-order valence-corrected chi connectivity index (χ0v) is 35.5. The van der Waals surface area contributed by atoms with Gasteiger partial charge in [0.15, 0.2) is 0 Å². The number of amides is 2. The van der Waals surface area contributed by atoms with Crippen LogP contribution in [0.1, 0.15) is 93.0 Å². The van der Waals surface area contributed by atoms with Gasteiger partial charge in [0.1, 0.15) is 11.2 Å². The Hall–Kier alpha value is -3.86. The SMILES string of the molecule is COC(=O)c1ccccc1[C@H]1CC[C@H](OC[C@@H](NC(=O)[C@@H]2CN(c3cc(F)cc4ncsc34)CC23CN(C(=O)C2(C(F)(F)F)CC2)C3)[C@@H](C)OCC23CCC(CC2)OC3)CC1. The van der Waals surface area contributed by atoms with Crippen molar-refractivity contribution >= 4 is 45.0 Å². The van der Waals surface area contributed by atoms with E-state index < -0.39 is 46.8 Å². The molecule has 2 aromatic carbocycles. The van der Waals surface area contributed by atoms with Crippen molar-refractivity contribution in [1.29, 1.82) is 0 Å². The molecule has 3 saturated carbocycles. The minimum absolute atomic E-state index is 0.0154. The molecule has 7 aliphatic rings. The normalized spacial score (nSPS) is 28.7. The summed E-state index contributed by atoms with van der Waals surface area (Å²) in [5.74, 6) is -2.65. The second-order valence-corrected chi connectivity index (χ2v) is 19.5.